The molecule has 0 fully saturated rings. The van der Waals surface area contributed by atoms with Crippen molar-refractivity contribution in [2.75, 3.05) is 19.8 Å². The van der Waals surface area contributed by atoms with Crippen molar-refractivity contribution in [3.8, 4) is 0 Å². The topological polar surface area (TPSA) is 41.5 Å². The molecule has 0 aromatic rings. The minimum Gasteiger partial charge on any atom is -0.380 e. The predicted molar refractivity (Wildman–Crippen MR) is 36.2 cm³/mol. The Morgan fingerprint density at radius 1 is 1.67 bits per heavy atom. The second-order valence-electron chi connectivity index (χ2n) is 1.83. The van der Waals surface area contributed by atoms with Crippen molar-refractivity contribution in [1.82, 2.24) is 5.32 Å². The van der Waals surface area contributed by atoms with Gasteiger partial charge in [0.2, 0.25) is 0 Å². The molecule has 0 aliphatic carbocycles. The van der Waals surface area contributed by atoms with Gasteiger partial charge in [-0.05, 0) is 13.8 Å². The van der Waals surface area contributed by atoms with Crippen molar-refractivity contribution in [2.45, 2.75) is 20.1 Å². The molecule has 0 spiro atoms. The van der Waals surface area contributed by atoms with Gasteiger partial charge in [0.15, 0.2) is 0 Å². The lowest BCUT2D eigenvalue weighted by atomic mass is 10.6. The number of aliphatic hydroxyl groups is 1. The smallest absolute Gasteiger partial charge is 0.102 e. The van der Waals surface area contributed by atoms with Crippen molar-refractivity contribution in [1.29, 1.82) is 0 Å². The molecule has 0 bridgehead atoms. The monoisotopic (exact) mass is 133 g/mol. The van der Waals surface area contributed by atoms with Gasteiger partial charge in [-0.2, -0.15) is 0 Å². The van der Waals surface area contributed by atoms with Crippen LogP contribution in [-0.4, -0.2) is 31.1 Å². The third-order valence-electron chi connectivity index (χ3n) is 0.890. The predicted octanol–water partition coefficient (Wildman–Crippen LogP) is -0.0492. The Balaban J connectivity index is 2.75. The van der Waals surface area contributed by atoms with Gasteiger partial charge in [-0.3, -0.25) is 5.32 Å². The van der Waals surface area contributed by atoms with Gasteiger partial charge in [-0.25, -0.2) is 0 Å². The first-order valence-electron chi connectivity index (χ1n) is 3.26. The van der Waals surface area contributed by atoms with Crippen LogP contribution in [0, 0.1) is 0 Å². The van der Waals surface area contributed by atoms with Crippen molar-refractivity contribution in [2.24, 2.45) is 0 Å². The highest BCUT2D eigenvalue weighted by atomic mass is 16.5. The highest BCUT2D eigenvalue weighted by molar-refractivity contribution is 4.43. The van der Waals surface area contributed by atoms with Crippen LogP contribution < -0.4 is 5.32 Å². The third-order valence-corrected chi connectivity index (χ3v) is 0.890. The van der Waals surface area contributed by atoms with E-state index < -0.39 is 6.23 Å². The van der Waals surface area contributed by atoms with Crippen molar-refractivity contribution in [3.63, 3.8) is 0 Å². The Hall–Kier alpha value is -0.120. The minimum absolute atomic E-state index is 0.426. The molecule has 0 aliphatic rings. The molecule has 0 aromatic heterocycles. The summed E-state index contributed by atoms with van der Waals surface area (Å²) in [6, 6.07) is 0. The summed E-state index contributed by atoms with van der Waals surface area (Å²) in [6.45, 7) is 5.75. The first kappa shape index (κ1) is 8.88. The second kappa shape index (κ2) is 6.01. The van der Waals surface area contributed by atoms with Crippen molar-refractivity contribution in [3.05, 3.63) is 0 Å². The van der Waals surface area contributed by atoms with Gasteiger partial charge in [0.1, 0.15) is 6.23 Å². The van der Waals surface area contributed by atoms with Crippen molar-refractivity contribution >= 4 is 0 Å². The Kier molecular flexibility index (Phi) is 5.93. The highest BCUT2D eigenvalue weighted by Gasteiger charge is 1.90. The average molecular weight is 133 g/mol. The molecule has 0 rings (SSSR count). The van der Waals surface area contributed by atoms with E-state index in [1.807, 2.05) is 6.92 Å². The highest BCUT2D eigenvalue weighted by Crippen LogP contribution is 1.73. The number of aliphatic hydroxyl groups excluding tert-OH is 1. The quantitative estimate of drug-likeness (QED) is 0.408. The first-order chi connectivity index (χ1) is 4.27. The minimum atomic E-state index is -0.426. The molecular formula is C6H15NO2. The summed E-state index contributed by atoms with van der Waals surface area (Å²) >= 11 is 0. The number of hydrogen-bond donors (Lipinski definition) is 2. The van der Waals surface area contributed by atoms with E-state index in [0.717, 1.165) is 6.61 Å². The van der Waals surface area contributed by atoms with Crippen LogP contribution in [0.4, 0.5) is 0 Å². The molecule has 3 heteroatoms. The van der Waals surface area contributed by atoms with Crippen LogP contribution in [0.3, 0.4) is 0 Å². The largest absolute Gasteiger partial charge is 0.380 e. The molecular weight excluding hydrogens is 118 g/mol. The molecule has 0 saturated heterocycles. The second-order valence-corrected chi connectivity index (χ2v) is 1.83. The van der Waals surface area contributed by atoms with Crippen LogP contribution in [0.5, 0.6) is 0 Å². The maximum atomic E-state index is 8.69. The summed E-state index contributed by atoms with van der Waals surface area (Å²) in [5.74, 6) is 0. The van der Waals surface area contributed by atoms with Crippen LogP contribution in [-0.2, 0) is 4.74 Å². The molecule has 0 aromatic carbocycles. The summed E-state index contributed by atoms with van der Waals surface area (Å²) in [7, 11) is 0. The molecule has 2 N–H and O–H groups in total. The summed E-state index contributed by atoms with van der Waals surface area (Å²) in [6.07, 6.45) is -0.426. The molecule has 1 atom stereocenters. The molecule has 0 saturated carbocycles. The van der Waals surface area contributed by atoms with Gasteiger partial charge in [-0.1, -0.05) is 0 Å². The van der Waals surface area contributed by atoms with E-state index in [9.17, 15) is 0 Å². The lowest BCUT2D eigenvalue weighted by Crippen LogP contribution is -2.28. The van der Waals surface area contributed by atoms with Crippen LogP contribution in [0.1, 0.15) is 13.8 Å². The molecule has 56 valence electrons. The molecule has 0 heterocycles. The summed E-state index contributed by atoms with van der Waals surface area (Å²) in [4.78, 5) is 0. The van der Waals surface area contributed by atoms with E-state index in [-0.39, 0.29) is 0 Å². The fourth-order valence-electron chi connectivity index (χ4n) is 0.484. The van der Waals surface area contributed by atoms with E-state index >= 15 is 0 Å². The Morgan fingerprint density at radius 3 is 2.78 bits per heavy atom. The van der Waals surface area contributed by atoms with E-state index in [1.165, 1.54) is 0 Å². The number of hydrogen-bond acceptors (Lipinski definition) is 3. The first-order valence-corrected chi connectivity index (χ1v) is 3.26. The van der Waals surface area contributed by atoms with Crippen LogP contribution in [0.15, 0.2) is 0 Å². The molecule has 1 unspecified atom stereocenters. The van der Waals surface area contributed by atoms with Gasteiger partial charge in [0.25, 0.3) is 0 Å². The van der Waals surface area contributed by atoms with Gasteiger partial charge >= 0.3 is 0 Å². The summed E-state index contributed by atoms with van der Waals surface area (Å²) in [5, 5.41) is 11.5. The molecule has 0 radical (unpaired) electrons. The summed E-state index contributed by atoms with van der Waals surface area (Å²) < 4.78 is 5.01. The number of ether oxygens (including phenoxy) is 1. The van der Waals surface area contributed by atoms with Crippen molar-refractivity contribution < 1.29 is 9.84 Å². The maximum Gasteiger partial charge on any atom is 0.102 e. The fourth-order valence-corrected chi connectivity index (χ4v) is 0.484. The zero-order valence-electron chi connectivity index (χ0n) is 6.05. The Morgan fingerprint density at radius 2 is 2.33 bits per heavy atom. The zero-order valence-corrected chi connectivity index (χ0v) is 6.05. The molecule has 0 aliphatic heterocycles. The Bertz CT molecular complexity index is 57.0. The van der Waals surface area contributed by atoms with Gasteiger partial charge in [0.05, 0.1) is 6.61 Å². The van der Waals surface area contributed by atoms with E-state index in [0.29, 0.717) is 13.2 Å². The lowest BCUT2D eigenvalue weighted by molar-refractivity contribution is 0.114. The molecule has 3 nitrogen and oxygen atoms in total. The van der Waals surface area contributed by atoms with Gasteiger partial charge in [0, 0.05) is 13.2 Å². The normalized spacial score (nSPS) is 13.7. The third kappa shape index (κ3) is 7.88. The van der Waals surface area contributed by atoms with Gasteiger partial charge < -0.3 is 9.84 Å². The molecule has 9 heavy (non-hydrogen) atoms. The molecule has 0 amide bonds. The average Bonchev–Trinajstić information content (AvgIpc) is 1.80. The van der Waals surface area contributed by atoms with Crippen LogP contribution in [0.25, 0.3) is 0 Å². The summed E-state index contributed by atoms with van der Waals surface area (Å²) in [5.41, 5.74) is 0. The van der Waals surface area contributed by atoms with Gasteiger partial charge in [-0.15, -0.1) is 0 Å². The number of rotatable bonds is 5. The maximum absolute atomic E-state index is 8.69. The van der Waals surface area contributed by atoms with E-state index in [2.05, 4.69) is 5.32 Å². The standard InChI is InChI=1S/C6H15NO2/c1-3-9-5-4-7-6(2)8/h6-8H,3-5H2,1-2H3. The van der Waals surface area contributed by atoms with Crippen LogP contribution >= 0.6 is 0 Å². The SMILES string of the molecule is CCOCCNC(C)O. The zero-order chi connectivity index (χ0) is 7.11. The van der Waals surface area contributed by atoms with E-state index in [4.69, 9.17) is 9.84 Å². The fraction of sp³-hybridized carbons (Fsp3) is 1.00. The van der Waals surface area contributed by atoms with E-state index in [1.54, 1.807) is 6.92 Å². The lowest BCUT2D eigenvalue weighted by Gasteiger charge is -2.05. The Labute approximate surface area is 56.0 Å². The van der Waals surface area contributed by atoms with Crippen LogP contribution in [0.2, 0.25) is 0 Å². The number of nitrogens with one attached hydrogen (secondary N) is 1.